The molecule has 1 saturated carbocycles. The molecule has 1 fully saturated rings. The summed E-state index contributed by atoms with van der Waals surface area (Å²) in [5.74, 6) is 1.89. The molecule has 0 bridgehead atoms. The Bertz CT molecular complexity index is 1770. The molecule has 5 heteroatoms. The van der Waals surface area contributed by atoms with E-state index in [1.54, 1.807) is 0 Å². The summed E-state index contributed by atoms with van der Waals surface area (Å²) in [7, 11) is 0. The number of nitrogens with one attached hydrogen (secondary N) is 2. The first-order valence-electron chi connectivity index (χ1n) is 19.4. The second kappa shape index (κ2) is 15.7. The maximum absolute atomic E-state index is 13.7. The molecule has 5 nitrogen and oxygen atoms in total. The predicted octanol–water partition coefficient (Wildman–Crippen LogP) is 12.6. The van der Waals surface area contributed by atoms with Gasteiger partial charge < -0.3 is 20.1 Å². The summed E-state index contributed by atoms with van der Waals surface area (Å²) in [5, 5.41) is 7.59. The van der Waals surface area contributed by atoms with Crippen LogP contribution in [0.25, 0.3) is 0 Å². The summed E-state index contributed by atoms with van der Waals surface area (Å²) >= 11 is 0. The molecule has 2 heterocycles. The minimum Gasteiger partial charge on any atom is -0.456 e. The minimum absolute atomic E-state index is 0.304. The van der Waals surface area contributed by atoms with Crippen LogP contribution in [0.4, 0.5) is 17.1 Å². The maximum Gasteiger partial charge on any atom is 0.340 e. The first kappa shape index (κ1) is 34.2. The van der Waals surface area contributed by atoms with Gasteiger partial charge in [0.05, 0.1) is 11.1 Å². The van der Waals surface area contributed by atoms with Crippen LogP contribution in [0.15, 0.2) is 84.9 Å². The highest BCUT2D eigenvalue weighted by Gasteiger charge is 2.55. The first-order chi connectivity index (χ1) is 24.6. The summed E-state index contributed by atoms with van der Waals surface area (Å²) in [4.78, 5) is 13.7. The Kier molecular flexibility index (Phi) is 10.8. The average Bonchev–Trinajstić information content (AvgIpc) is 3.42. The second-order valence-electron chi connectivity index (χ2n) is 14.9. The smallest absolute Gasteiger partial charge is 0.340 e. The van der Waals surface area contributed by atoms with E-state index in [1.807, 2.05) is 48.5 Å². The van der Waals surface area contributed by atoms with Crippen molar-refractivity contribution in [1.29, 1.82) is 0 Å². The number of para-hydroxylation sites is 1. The fourth-order valence-electron chi connectivity index (χ4n) is 8.63. The van der Waals surface area contributed by atoms with Crippen LogP contribution in [-0.2, 0) is 10.3 Å². The van der Waals surface area contributed by atoms with Crippen LogP contribution in [0.3, 0.4) is 0 Å². The van der Waals surface area contributed by atoms with E-state index in [-0.39, 0.29) is 5.97 Å². The molecule has 1 spiro atoms. The number of fused-ring (bicyclic) bond motifs is 6. The van der Waals surface area contributed by atoms with Crippen molar-refractivity contribution in [2.45, 2.75) is 122 Å². The van der Waals surface area contributed by atoms with Gasteiger partial charge in [0, 0.05) is 34.2 Å². The molecule has 3 unspecified atom stereocenters. The monoisotopic (exact) mass is 670 g/mol. The number of unbranched alkanes of at least 4 members (excludes halogenated alkanes) is 9. The van der Waals surface area contributed by atoms with Crippen LogP contribution < -0.4 is 15.4 Å². The zero-order valence-electron chi connectivity index (χ0n) is 30.1. The lowest BCUT2D eigenvalue weighted by molar-refractivity contribution is 0.0226. The van der Waals surface area contributed by atoms with Gasteiger partial charge in [0.2, 0.25) is 0 Å². The normalized spacial score (nSPS) is 20.4. The van der Waals surface area contributed by atoms with Crippen molar-refractivity contribution in [3.63, 3.8) is 0 Å². The number of hydrogen-bond donors (Lipinski definition) is 2. The van der Waals surface area contributed by atoms with Crippen LogP contribution in [-0.4, -0.2) is 12.0 Å². The highest BCUT2D eigenvalue weighted by molar-refractivity contribution is 5.97. The molecule has 2 aliphatic heterocycles. The Balaban J connectivity index is 1.12. The third-order valence-electron chi connectivity index (χ3n) is 11.2. The Labute approximate surface area is 299 Å². The lowest BCUT2D eigenvalue weighted by atomic mass is 9.76. The molecule has 4 aromatic rings. The average molecular weight is 671 g/mol. The van der Waals surface area contributed by atoms with E-state index in [1.165, 1.54) is 89.9 Å². The van der Waals surface area contributed by atoms with E-state index in [2.05, 4.69) is 60.9 Å². The number of anilines is 3. The predicted molar refractivity (Wildman–Crippen MR) is 205 cm³/mol. The molecule has 7 rings (SSSR count). The molecule has 1 aliphatic carbocycles. The van der Waals surface area contributed by atoms with E-state index in [0.717, 1.165) is 57.4 Å². The van der Waals surface area contributed by atoms with Gasteiger partial charge in [0.15, 0.2) is 5.60 Å². The quantitative estimate of drug-likeness (QED) is 0.0973. The number of carbonyl (C=O) groups excluding carboxylic acids is 1. The SMILES string of the molecule is CCCCCCCCCCCCC1CCCC(Nc2cccc3c2C2(OC(=O)c4ccccc42)c2cc(Nc4ccccc4)c(C)cc2O3)C1. The molecule has 0 amide bonds. The Morgan fingerprint density at radius 3 is 2.28 bits per heavy atom. The summed E-state index contributed by atoms with van der Waals surface area (Å²) in [6.07, 6.45) is 20.0. The van der Waals surface area contributed by atoms with E-state index in [0.29, 0.717) is 17.4 Å². The fourth-order valence-corrected chi connectivity index (χ4v) is 8.63. The molecular weight excluding hydrogens is 617 g/mol. The number of rotatable bonds is 15. The summed E-state index contributed by atoms with van der Waals surface area (Å²) in [6, 6.07) is 28.8. The Hall–Kier alpha value is -4.25. The van der Waals surface area contributed by atoms with Crippen LogP contribution >= 0.6 is 0 Å². The van der Waals surface area contributed by atoms with E-state index >= 15 is 0 Å². The Morgan fingerprint density at radius 1 is 0.740 bits per heavy atom. The van der Waals surface area contributed by atoms with Gasteiger partial charge in [-0.3, -0.25) is 0 Å². The van der Waals surface area contributed by atoms with E-state index < -0.39 is 5.60 Å². The van der Waals surface area contributed by atoms with Gasteiger partial charge in [-0.2, -0.15) is 0 Å². The fraction of sp³-hybridized carbons (Fsp3) is 0.444. The lowest BCUT2D eigenvalue weighted by Gasteiger charge is -2.39. The molecule has 0 radical (unpaired) electrons. The van der Waals surface area contributed by atoms with E-state index in [4.69, 9.17) is 9.47 Å². The number of carbonyl (C=O) groups is 1. The lowest BCUT2D eigenvalue weighted by Crippen LogP contribution is -2.35. The van der Waals surface area contributed by atoms with Gasteiger partial charge in [-0.15, -0.1) is 0 Å². The summed E-state index contributed by atoms with van der Waals surface area (Å²) in [5.41, 5.74) is 6.04. The van der Waals surface area contributed by atoms with Crippen molar-refractivity contribution in [2.24, 2.45) is 5.92 Å². The number of benzene rings is 4. The molecule has 3 aliphatic rings. The third kappa shape index (κ3) is 7.15. The van der Waals surface area contributed by atoms with Crippen LogP contribution in [0.5, 0.6) is 11.5 Å². The molecule has 2 N–H and O–H groups in total. The minimum atomic E-state index is -1.13. The topological polar surface area (TPSA) is 59.6 Å². The maximum atomic E-state index is 13.7. The molecular formula is C45H54N2O3. The van der Waals surface area contributed by atoms with Crippen molar-refractivity contribution in [1.82, 2.24) is 0 Å². The van der Waals surface area contributed by atoms with Gasteiger partial charge in [-0.25, -0.2) is 4.79 Å². The van der Waals surface area contributed by atoms with Crippen LogP contribution in [0.2, 0.25) is 0 Å². The third-order valence-corrected chi connectivity index (χ3v) is 11.2. The van der Waals surface area contributed by atoms with Crippen molar-refractivity contribution >= 4 is 23.0 Å². The molecule has 0 aromatic heterocycles. The zero-order valence-corrected chi connectivity index (χ0v) is 30.1. The van der Waals surface area contributed by atoms with Crippen molar-refractivity contribution < 1.29 is 14.3 Å². The van der Waals surface area contributed by atoms with Crippen LogP contribution in [0, 0.1) is 12.8 Å². The van der Waals surface area contributed by atoms with Gasteiger partial charge in [0.25, 0.3) is 0 Å². The van der Waals surface area contributed by atoms with Gasteiger partial charge in [0.1, 0.15) is 11.5 Å². The Morgan fingerprint density at radius 2 is 1.48 bits per heavy atom. The van der Waals surface area contributed by atoms with Crippen molar-refractivity contribution in [3.8, 4) is 11.5 Å². The molecule has 4 aromatic carbocycles. The van der Waals surface area contributed by atoms with E-state index in [9.17, 15) is 4.79 Å². The first-order valence-corrected chi connectivity index (χ1v) is 19.4. The zero-order chi connectivity index (χ0) is 34.3. The highest BCUT2D eigenvalue weighted by atomic mass is 16.6. The highest BCUT2D eigenvalue weighted by Crippen LogP contribution is 2.59. The van der Waals surface area contributed by atoms with Gasteiger partial charge in [-0.1, -0.05) is 133 Å². The van der Waals surface area contributed by atoms with Crippen LogP contribution in [0.1, 0.15) is 136 Å². The summed E-state index contributed by atoms with van der Waals surface area (Å²) < 4.78 is 13.4. The van der Waals surface area contributed by atoms with Gasteiger partial charge >= 0.3 is 5.97 Å². The number of hydrogen-bond acceptors (Lipinski definition) is 5. The number of aryl methyl sites for hydroxylation is 1. The number of ether oxygens (including phenoxy) is 2. The summed E-state index contributed by atoms with van der Waals surface area (Å²) in [6.45, 7) is 4.37. The van der Waals surface area contributed by atoms with Gasteiger partial charge in [-0.05, 0) is 73.7 Å². The molecule has 0 saturated heterocycles. The molecule has 262 valence electrons. The molecule has 50 heavy (non-hydrogen) atoms. The second-order valence-corrected chi connectivity index (χ2v) is 14.9. The van der Waals surface area contributed by atoms with Crippen molar-refractivity contribution in [3.05, 3.63) is 113 Å². The number of esters is 1. The molecule has 3 atom stereocenters. The largest absolute Gasteiger partial charge is 0.456 e. The standard InChI is InChI=1S/C45H54N2O3/c1-3-4-5-6-7-8-9-10-11-13-20-33-21-18-24-35(30-33)47-39-27-19-28-41-43(39)45(37-26-17-16-25-36(37)44(48)50-45)38-31-40(32(2)29-42(38)49-41)46-34-22-14-12-15-23-34/h12,14-17,19,22-23,25-29,31,33,35,46-47H,3-11,13,18,20-21,24,30H2,1-2H3. The van der Waals surface area contributed by atoms with Crippen molar-refractivity contribution in [2.75, 3.05) is 10.6 Å².